The molecule has 0 fully saturated rings. The number of carbonyl (C=O) groups is 2. The fourth-order valence-corrected chi connectivity index (χ4v) is 5.90. The zero-order valence-corrected chi connectivity index (χ0v) is 12.8. The van der Waals surface area contributed by atoms with Crippen molar-refractivity contribution in [2.24, 2.45) is 11.1 Å². The zero-order chi connectivity index (χ0) is 15.2. The summed E-state index contributed by atoms with van der Waals surface area (Å²) in [5, 5.41) is 20.3. The molecule has 0 aromatic rings. The van der Waals surface area contributed by atoms with Crippen LogP contribution < -0.4 is 10.8 Å². The summed E-state index contributed by atoms with van der Waals surface area (Å²) in [5.41, 5.74) is 5.13. The molecule has 1 heterocycles. The lowest BCUT2D eigenvalue weighted by Gasteiger charge is -2.34. The number of carboxylic acids is 2. The molecule has 0 saturated heterocycles. The summed E-state index contributed by atoms with van der Waals surface area (Å²) in [4.78, 5) is 23.3. The molecule has 6 heteroatoms. The quantitative estimate of drug-likeness (QED) is 0.722. The molecule has 1 aliphatic heterocycles. The van der Waals surface area contributed by atoms with Gasteiger partial charge in [0.1, 0.15) is 4.75 Å². The molecule has 1 aliphatic rings. The highest BCUT2D eigenvalue weighted by Gasteiger charge is 2.64. The second kappa shape index (κ2) is 4.83. The molecule has 0 spiro atoms. The van der Waals surface area contributed by atoms with Crippen LogP contribution in [0.15, 0.2) is 10.5 Å². The van der Waals surface area contributed by atoms with Crippen molar-refractivity contribution < 1.29 is 19.8 Å². The number of carbonyl (C=O) groups excluding carboxylic acids is 1. The van der Waals surface area contributed by atoms with Crippen molar-refractivity contribution in [2.75, 3.05) is 0 Å². The molecule has 3 atom stereocenters. The lowest BCUT2D eigenvalue weighted by molar-refractivity contribution is -0.317. The molecular weight excluding hydrogens is 266 g/mol. The van der Waals surface area contributed by atoms with E-state index in [0.717, 1.165) is 0 Å². The lowest BCUT2D eigenvalue weighted by atomic mass is 9.78. The predicted molar refractivity (Wildman–Crippen MR) is 73.2 cm³/mol. The Hall–Kier alpha value is -1.01. The molecule has 0 aromatic heterocycles. The highest BCUT2D eigenvalue weighted by Crippen LogP contribution is 2.51. The SMILES string of the molecule is CCC1(C(=O)[O-])C(C)=C(C(=O)O)[S+](C(C)(C)C)C1N. The Labute approximate surface area is 116 Å². The summed E-state index contributed by atoms with van der Waals surface area (Å²) in [7, 11) is -0.840. The maximum atomic E-state index is 11.6. The average molecular weight is 287 g/mol. The summed E-state index contributed by atoms with van der Waals surface area (Å²) >= 11 is 0. The highest BCUT2D eigenvalue weighted by atomic mass is 32.2. The molecule has 0 bridgehead atoms. The molecular formula is C13H21NO4S. The minimum absolute atomic E-state index is 0.158. The first kappa shape index (κ1) is 16.0. The minimum atomic E-state index is -1.37. The summed E-state index contributed by atoms with van der Waals surface area (Å²) in [6, 6.07) is 0. The molecule has 3 unspecified atom stereocenters. The van der Waals surface area contributed by atoms with Crippen molar-refractivity contribution in [1.82, 2.24) is 0 Å². The Morgan fingerprint density at radius 3 is 2.16 bits per heavy atom. The van der Waals surface area contributed by atoms with Crippen LogP contribution in [0.25, 0.3) is 0 Å². The molecule has 0 radical (unpaired) electrons. The van der Waals surface area contributed by atoms with Gasteiger partial charge in [-0.1, -0.05) is 6.92 Å². The predicted octanol–water partition coefficient (Wildman–Crippen LogP) is 0.207. The van der Waals surface area contributed by atoms with E-state index in [9.17, 15) is 19.8 Å². The van der Waals surface area contributed by atoms with Gasteiger partial charge in [0.25, 0.3) is 0 Å². The number of aliphatic carboxylic acids is 2. The van der Waals surface area contributed by atoms with Crippen LogP contribution in [-0.2, 0) is 20.5 Å². The van der Waals surface area contributed by atoms with Crippen molar-refractivity contribution in [2.45, 2.75) is 51.2 Å². The zero-order valence-electron chi connectivity index (χ0n) is 11.9. The molecule has 0 aliphatic carbocycles. The van der Waals surface area contributed by atoms with Gasteiger partial charge in [-0.2, -0.15) is 0 Å². The number of hydrogen-bond acceptors (Lipinski definition) is 4. The molecule has 0 saturated carbocycles. The van der Waals surface area contributed by atoms with Gasteiger partial charge in [0.15, 0.2) is 5.37 Å². The molecule has 1 rings (SSSR count). The Kier molecular flexibility index (Phi) is 4.08. The van der Waals surface area contributed by atoms with Gasteiger partial charge < -0.3 is 15.0 Å². The number of carboxylic acid groups (broad SMARTS) is 2. The van der Waals surface area contributed by atoms with Crippen LogP contribution in [0.4, 0.5) is 0 Å². The van der Waals surface area contributed by atoms with Gasteiger partial charge in [0.2, 0.25) is 4.91 Å². The summed E-state index contributed by atoms with van der Waals surface area (Å²) in [5.74, 6) is -2.36. The summed E-state index contributed by atoms with van der Waals surface area (Å²) in [6.45, 7) is 8.91. The summed E-state index contributed by atoms with van der Waals surface area (Å²) < 4.78 is -0.402. The smallest absolute Gasteiger partial charge is 0.384 e. The molecule has 5 nitrogen and oxygen atoms in total. The van der Waals surface area contributed by atoms with Crippen molar-refractivity contribution in [3.63, 3.8) is 0 Å². The summed E-state index contributed by atoms with van der Waals surface area (Å²) in [6.07, 6.45) is 0.235. The Morgan fingerprint density at radius 2 is 1.95 bits per heavy atom. The van der Waals surface area contributed by atoms with Gasteiger partial charge in [0.05, 0.1) is 22.3 Å². The fourth-order valence-electron chi connectivity index (χ4n) is 2.73. The van der Waals surface area contributed by atoms with Crippen molar-refractivity contribution in [3.8, 4) is 0 Å². The van der Waals surface area contributed by atoms with E-state index >= 15 is 0 Å². The van der Waals surface area contributed by atoms with E-state index in [1.54, 1.807) is 13.8 Å². The molecule has 108 valence electrons. The largest absolute Gasteiger partial charge is 0.549 e. The molecule has 3 N–H and O–H groups in total. The van der Waals surface area contributed by atoms with Gasteiger partial charge in [-0.25, -0.2) is 4.79 Å². The van der Waals surface area contributed by atoms with E-state index in [4.69, 9.17) is 5.73 Å². The average Bonchev–Trinajstić information content (AvgIpc) is 2.47. The first-order chi connectivity index (χ1) is 8.51. The molecule has 0 amide bonds. The third kappa shape index (κ3) is 2.17. The van der Waals surface area contributed by atoms with Crippen LogP contribution >= 0.6 is 0 Å². The molecule has 0 aromatic carbocycles. The van der Waals surface area contributed by atoms with Crippen LogP contribution in [0, 0.1) is 5.41 Å². The van der Waals surface area contributed by atoms with E-state index in [0.29, 0.717) is 5.57 Å². The minimum Gasteiger partial charge on any atom is -0.549 e. The van der Waals surface area contributed by atoms with Gasteiger partial charge in [-0.15, -0.1) is 0 Å². The fraction of sp³-hybridized carbons (Fsp3) is 0.692. The second-order valence-corrected chi connectivity index (χ2v) is 8.56. The Bertz CT molecular complexity index is 452. The Morgan fingerprint density at radius 1 is 1.47 bits per heavy atom. The van der Waals surface area contributed by atoms with Crippen LogP contribution in [-0.4, -0.2) is 27.2 Å². The third-order valence-electron chi connectivity index (χ3n) is 3.75. The van der Waals surface area contributed by atoms with Gasteiger partial charge in [0, 0.05) is 5.57 Å². The maximum Gasteiger partial charge on any atom is 0.384 e. The Balaban J connectivity index is 3.59. The van der Waals surface area contributed by atoms with Crippen LogP contribution in [0.2, 0.25) is 0 Å². The van der Waals surface area contributed by atoms with E-state index in [1.807, 2.05) is 20.8 Å². The molecule has 19 heavy (non-hydrogen) atoms. The standard InChI is InChI=1S/C13H21NO4S/c1-6-13(11(17)18)7(2)8(9(15)16)19(10(13)14)12(3,4)5/h10H,6,14H2,1-5H3,(H-,15,16,17,18). The maximum absolute atomic E-state index is 11.6. The number of nitrogens with two attached hydrogens (primary N) is 1. The lowest BCUT2D eigenvalue weighted by Crippen LogP contribution is -2.56. The van der Waals surface area contributed by atoms with Crippen molar-refractivity contribution >= 4 is 22.8 Å². The van der Waals surface area contributed by atoms with Crippen molar-refractivity contribution in [3.05, 3.63) is 10.5 Å². The van der Waals surface area contributed by atoms with E-state index in [1.165, 1.54) is 0 Å². The van der Waals surface area contributed by atoms with Gasteiger partial charge in [-0.05, 0) is 34.1 Å². The van der Waals surface area contributed by atoms with Gasteiger partial charge >= 0.3 is 5.97 Å². The number of hydrogen-bond donors (Lipinski definition) is 2. The normalized spacial score (nSPS) is 31.7. The van der Waals surface area contributed by atoms with E-state index in [2.05, 4.69) is 0 Å². The van der Waals surface area contributed by atoms with Crippen LogP contribution in [0.5, 0.6) is 0 Å². The topological polar surface area (TPSA) is 103 Å². The van der Waals surface area contributed by atoms with Crippen LogP contribution in [0.1, 0.15) is 41.0 Å². The third-order valence-corrected chi connectivity index (χ3v) is 6.90. The highest BCUT2D eigenvalue weighted by molar-refractivity contribution is 8.03. The van der Waals surface area contributed by atoms with Gasteiger partial charge in [-0.3, -0.25) is 5.73 Å². The first-order valence-corrected chi connectivity index (χ1v) is 7.45. The number of rotatable bonds is 3. The van der Waals surface area contributed by atoms with Crippen LogP contribution in [0.3, 0.4) is 0 Å². The van der Waals surface area contributed by atoms with Crippen molar-refractivity contribution in [1.29, 1.82) is 0 Å². The second-order valence-electron chi connectivity index (χ2n) is 5.74. The van der Waals surface area contributed by atoms with E-state index in [-0.39, 0.29) is 11.3 Å². The monoisotopic (exact) mass is 287 g/mol. The van der Waals surface area contributed by atoms with E-state index < -0.39 is 38.4 Å². The first-order valence-electron chi connectivity index (χ1n) is 6.16.